The van der Waals surface area contributed by atoms with E-state index in [1.807, 2.05) is 0 Å². The van der Waals surface area contributed by atoms with Crippen LogP contribution in [0, 0.1) is 24.5 Å². The summed E-state index contributed by atoms with van der Waals surface area (Å²) < 4.78 is 26.3. The van der Waals surface area contributed by atoms with Crippen molar-refractivity contribution >= 4 is 23.2 Å². The zero-order valence-corrected chi connectivity index (χ0v) is 14.4. The first kappa shape index (κ1) is 17.5. The van der Waals surface area contributed by atoms with Crippen LogP contribution >= 0.6 is 11.3 Å². The van der Waals surface area contributed by atoms with E-state index in [1.165, 1.54) is 6.07 Å². The lowest BCUT2D eigenvalue weighted by Gasteiger charge is -2.11. The molecule has 1 aliphatic carbocycles. The molecule has 1 amide bonds. The summed E-state index contributed by atoms with van der Waals surface area (Å²) in [5.41, 5.74) is 1.02. The first-order chi connectivity index (χ1) is 11.8. The van der Waals surface area contributed by atoms with Crippen molar-refractivity contribution in [2.75, 3.05) is 0 Å². The maximum absolute atomic E-state index is 13.3. The summed E-state index contributed by atoms with van der Waals surface area (Å²) in [5.74, 6) is -3.50. The van der Waals surface area contributed by atoms with E-state index < -0.39 is 23.6 Å². The van der Waals surface area contributed by atoms with Gasteiger partial charge in [0.15, 0.2) is 11.6 Å². The standard InChI is InChI=1S/C17H16F2N2O3S/c1-7-14(17(23)24)25-16(21-7)8(2)20-15(22)11-6-10(11)9-3-4-12(18)13(19)5-9/h3-5,8,10-11H,6H2,1-2H3,(H,20,22)(H,23,24). The van der Waals surface area contributed by atoms with E-state index in [1.54, 1.807) is 13.8 Å². The highest BCUT2D eigenvalue weighted by Gasteiger charge is 2.44. The van der Waals surface area contributed by atoms with Gasteiger partial charge in [-0.1, -0.05) is 6.07 Å². The Morgan fingerprint density at radius 2 is 2.08 bits per heavy atom. The van der Waals surface area contributed by atoms with Crippen molar-refractivity contribution in [3.05, 3.63) is 51.0 Å². The second kappa shape index (κ2) is 6.51. The summed E-state index contributed by atoms with van der Waals surface area (Å²) in [4.78, 5) is 27.8. The number of aryl methyl sites for hydroxylation is 1. The van der Waals surface area contributed by atoms with E-state index >= 15 is 0 Å². The Bertz CT molecular complexity index is 852. The molecule has 8 heteroatoms. The Morgan fingerprint density at radius 3 is 2.68 bits per heavy atom. The van der Waals surface area contributed by atoms with Crippen LogP contribution in [0.3, 0.4) is 0 Å². The molecule has 3 atom stereocenters. The number of aromatic nitrogens is 1. The van der Waals surface area contributed by atoms with Crippen LogP contribution in [0.2, 0.25) is 0 Å². The molecule has 1 aliphatic rings. The van der Waals surface area contributed by atoms with Crippen molar-refractivity contribution < 1.29 is 23.5 Å². The van der Waals surface area contributed by atoms with Crippen molar-refractivity contribution in [1.82, 2.24) is 10.3 Å². The Morgan fingerprint density at radius 1 is 1.36 bits per heavy atom. The van der Waals surface area contributed by atoms with Gasteiger partial charge in [0.25, 0.3) is 0 Å². The zero-order valence-electron chi connectivity index (χ0n) is 13.5. The smallest absolute Gasteiger partial charge is 0.347 e. The minimum atomic E-state index is -1.04. The van der Waals surface area contributed by atoms with E-state index in [-0.39, 0.29) is 22.6 Å². The van der Waals surface area contributed by atoms with Gasteiger partial charge in [0.1, 0.15) is 9.88 Å². The molecule has 1 fully saturated rings. The first-order valence-electron chi connectivity index (χ1n) is 7.74. The monoisotopic (exact) mass is 366 g/mol. The number of carbonyl (C=O) groups is 2. The number of carbonyl (C=O) groups excluding carboxylic acids is 1. The predicted molar refractivity (Wildman–Crippen MR) is 87.6 cm³/mol. The summed E-state index contributed by atoms with van der Waals surface area (Å²) in [5, 5.41) is 12.4. The van der Waals surface area contributed by atoms with Crippen LogP contribution < -0.4 is 5.32 Å². The molecule has 0 spiro atoms. The molecule has 3 unspecified atom stereocenters. The molecule has 3 rings (SSSR count). The van der Waals surface area contributed by atoms with Crippen LogP contribution in [0.25, 0.3) is 0 Å². The van der Waals surface area contributed by atoms with E-state index in [2.05, 4.69) is 10.3 Å². The number of nitrogens with zero attached hydrogens (tertiary/aromatic N) is 1. The summed E-state index contributed by atoms with van der Waals surface area (Å²) in [7, 11) is 0. The lowest BCUT2D eigenvalue weighted by molar-refractivity contribution is -0.123. The molecule has 0 radical (unpaired) electrons. The fourth-order valence-electron chi connectivity index (χ4n) is 2.78. The van der Waals surface area contributed by atoms with E-state index in [9.17, 15) is 18.4 Å². The van der Waals surface area contributed by atoms with Gasteiger partial charge in [-0.15, -0.1) is 11.3 Å². The van der Waals surface area contributed by atoms with Crippen molar-refractivity contribution in [2.45, 2.75) is 32.2 Å². The van der Waals surface area contributed by atoms with Gasteiger partial charge in [0, 0.05) is 5.92 Å². The Kier molecular flexibility index (Phi) is 4.55. The maximum Gasteiger partial charge on any atom is 0.347 e. The van der Waals surface area contributed by atoms with Gasteiger partial charge in [-0.25, -0.2) is 18.6 Å². The summed E-state index contributed by atoms with van der Waals surface area (Å²) in [6.07, 6.45) is 0.570. The van der Waals surface area contributed by atoms with E-state index in [0.29, 0.717) is 22.7 Å². The number of nitrogens with one attached hydrogen (secondary N) is 1. The molecule has 1 aromatic heterocycles. The highest BCUT2D eigenvalue weighted by atomic mass is 32.1. The number of aromatic carboxylic acids is 1. The molecule has 1 saturated carbocycles. The van der Waals surface area contributed by atoms with Crippen molar-refractivity contribution in [3.8, 4) is 0 Å². The van der Waals surface area contributed by atoms with Crippen LogP contribution in [0.4, 0.5) is 8.78 Å². The lowest BCUT2D eigenvalue weighted by atomic mass is 10.1. The summed E-state index contributed by atoms with van der Waals surface area (Å²) >= 11 is 1.03. The molecule has 2 aromatic rings. The number of carboxylic acid groups (broad SMARTS) is 1. The number of benzene rings is 1. The lowest BCUT2D eigenvalue weighted by Crippen LogP contribution is -2.28. The Hall–Kier alpha value is -2.35. The average molecular weight is 366 g/mol. The van der Waals surface area contributed by atoms with Gasteiger partial charge in [0.2, 0.25) is 5.91 Å². The predicted octanol–water partition coefficient (Wildman–Crippen LogP) is 3.41. The largest absolute Gasteiger partial charge is 0.477 e. The molecule has 1 aromatic carbocycles. The Balaban J connectivity index is 1.64. The summed E-state index contributed by atoms with van der Waals surface area (Å²) in [6.45, 7) is 3.34. The molecule has 132 valence electrons. The van der Waals surface area contributed by atoms with Gasteiger partial charge in [0.05, 0.1) is 11.7 Å². The van der Waals surface area contributed by atoms with Gasteiger partial charge in [-0.3, -0.25) is 4.79 Å². The second-order valence-corrected chi connectivity index (χ2v) is 7.15. The fourth-order valence-corrected chi connectivity index (χ4v) is 3.69. The number of halogens is 2. The third kappa shape index (κ3) is 3.53. The molecule has 1 heterocycles. The molecule has 25 heavy (non-hydrogen) atoms. The fraction of sp³-hybridized carbons (Fsp3) is 0.353. The number of thiazole rings is 1. The first-order valence-corrected chi connectivity index (χ1v) is 8.55. The van der Waals surface area contributed by atoms with Crippen LogP contribution in [-0.4, -0.2) is 22.0 Å². The molecule has 0 saturated heterocycles. The topological polar surface area (TPSA) is 79.3 Å². The van der Waals surface area contributed by atoms with Gasteiger partial charge < -0.3 is 10.4 Å². The average Bonchev–Trinajstić information content (AvgIpc) is 3.25. The number of carboxylic acids is 1. The zero-order chi connectivity index (χ0) is 18.3. The van der Waals surface area contributed by atoms with Crippen molar-refractivity contribution in [1.29, 1.82) is 0 Å². The highest BCUT2D eigenvalue weighted by Crippen LogP contribution is 2.48. The minimum Gasteiger partial charge on any atom is -0.477 e. The van der Waals surface area contributed by atoms with Gasteiger partial charge >= 0.3 is 5.97 Å². The SMILES string of the molecule is Cc1nc(C(C)NC(=O)C2CC2c2ccc(F)c(F)c2)sc1C(=O)O. The van der Waals surface area contributed by atoms with Gasteiger partial charge in [-0.2, -0.15) is 0 Å². The minimum absolute atomic E-state index is 0.130. The quantitative estimate of drug-likeness (QED) is 0.850. The number of amides is 1. The molecule has 0 aliphatic heterocycles. The van der Waals surface area contributed by atoms with E-state index in [0.717, 1.165) is 23.5 Å². The third-order valence-electron chi connectivity index (χ3n) is 4.24. The normalized spacial score (nSPS) is 20.2. The van der Waals surface area contributed by atoms with Crippen molar-refractivity contribution in [3.63, 3.8) is 0 Å². The molecule has 0 bridgehead atoms. The van der Waals surface area contributed by atoms with Crippen LogP contribution in [0.5, 0.6) is 0 Å². The number of hydrogen-bond acceptors (Lipinski definition) is 4. The molecule has 5 nitrogen and oxygen atoms in total. The number of hydrogen-bond donors (Lipinski definition) is 2. The van der Waals surface area contributed by atoms with Crippen LogP contribution in [-0.2, 0) is 4.79 Å². The number of rotatable bonds is 5. The molecular formula is C17H16F2N2O3S. The molecular weight excluding hydrogens is 350 g/mol. The molecule has 2 N–H and O–H groups in total. The van der Waals surface area contributed by atoms with Crippen molar-refractivity contribution in [2.24, 2.45) is 5.92 Å². The van der Waals surface area contributed by atoms with Crippen LogP contribution in [0.1, 0.15) is 51.2 Å². The second-order valence-electron chi connectivity index (χ2n) is 6.12. The Labute approximate surface area is 146 Å². The maximum atomic E-state index is 13.3. The van der Waals surface area contributed by atoms with Crippen LogP contribution in [0.15, 0.2) is 18.2 Å². The van der Waals surface area contributed by atoms with Gasteiger partial charge in [-0.05, 0) is 43.9 Å². The van der Waals surface area contributed by atoms with E-state index in [4.69, 9.17) is 5.11 Å². The third-order valence-corrected chi connectivity index (χ3v) is 5.56. The highest BCUT2D eigenvalue weighted by molar-refractivity contribution is 7.13. The summed E-state index contributed by atoms with van der Waals surface area (Å²) in [6, 6.07) is 3.26.